The van der Waals surface area contributed by atoms with Gasteiger partial charge in [-0.3, -0.25) is 14.4 Å². The van der Waals surface area contributed by atoms with Crippen LogP contribution in [0.15, 0.2) is 34.7 Å². The van der Waals surface area contributed by atoms with Crippen molar-refractivity contribution in [2.24, 2.45) is 11.7 Å². The Balaban J connectivity index is 1.53. The topological polar surface area (TPSA) is 143 Å². The van der Waals surface area contributed by atoms with E-state index in [1.54, 1.807) is 37.4 Å². The van der Waals surface area contributed by atoms with Gasteiger partial charge in [-0.1, -0.05) is 19.3 Å². The fourth-order valence-corrected chi connectivity index (χ4v) is 4.13. The maximum Gasteiger partial charge on any atom is 0.287 e. The zero-order valence-corrected chi connectivity index (χ0v) is 17.2. The molecule has 0 spiro atoms. The fourth-order valence-electron chi connectivity index (χ4n) is 4.13. The molecule has 2 heterocycles. The quantitative estimate of drug-likeness (QED) is 0.481. The minimum Gasteiger partial charge on any atom is -0.451 e. The summed E-state index contributed by atoms with van der Waals surface area (Å²) in [4.78, 5) is 43.5. The molecule has 0 saturated heterocycles. The molecule has 1 atom stereocenters. The normalized spacial score (nSPS) is 15.5. The molecule has 1 aromatic carbocycles. The summed E-state index contributed by atoms with van der Waals surface area (Å²) >= 11 is 0. The number of H-pyrrole nitrogens is 1. The Morgan fingerprint density at radius 1 is 1.16 bits per heavy atom. The lowest BCUT2D eigenvalue weighted by atomic mass is 9.83. The smallest absolute Gasteiger partial charge is 0.287 e. The van der Waals surface area contributed by atoms with Gasteiger partial charge in [-0.25, -0.2) is 4.98 Å². The molecule has 5 N–H and O–H groups in total. The molecule has 1 aliphatic carbocycles. The van der Waals surface area contributed by atoms with Gasteiger partial charge in [0.15, 0.2) is 11.6 Å². The van der Waals surface area contributed by atoms with Crippen LogP contribution in [-0.4, -0.2) is 40.8 Å². The van der Waals surface area contributed by atoms with Crippen LogP contribution in [0, 0.1) is 5.92 Å². The monoisotopic (exact) mass is 423 g/mol. The number of hydrogen-bond acceptors (Lipinski definition) is 5. The predicted octanol–water partition coefficient (Wildman–Crippen LogP) is 2.35. The number of rotatable bonds is 6. The molecule has 1 aliphatic rings. The molecule has 0 unspecified atom stereocenters. The Morgan fingerprint density at radius 3 is 2.65 bits per heavy atom. The van der Waals surface area contributed by atoms with Crippen LogP contribution in [0.1, 0.15) is 53.3 Å². The van der Waals surface area contributed by atoms with Crippen LogP contribution in [0.25, 0.3) is 22.4 Å². The van der Waals surface area contributed by atoms with Crippen LogP contribution in [0.5, 0.6) is 0 Å². The van der Waals surface area contributed by atoms with Crippen molar-refractivity contribution in [1.82, 2.24) is 20.6 Å². The number of nitrogens with one attached hydrogen (secondary N) is 3. The number of furan rings is 1. The lowest BCUT2D eigenvalue weighted by molar-refractivity contribution is -0.124. The third-order valence-electron chi connectivity index (χ3n) is 5.77. The first-order valence-corrected chi connectivity index (χ1v) is 10.4. The van der Waals surface area contributed by atoms with E-state index in [9.17, 15) is 14.4 Å². The number of nitrogens with zero attached hydrogens (tertiary/aromatic N) is 1. The zero-order valence-electron chi connectivity index (χ0n) is 17.2. The summed E-state index contributed by atoms with van der Waals surface area (Å²) in [6.45, 7) is 0. The number of aromatic nitrogens is 2. The summed E-state index contributed by atoms with van der Waals surface area (Å²) < 4.78 is 5.77. The second-order valence-corrected chi connectivity index (χ2v) is 7.81. The van der Waals surface area contributed by atoms with Crippen LogP contribution in [0.4, 0.5) is 0 Å². The van der Waals surface area contributed by atoms with E-state index in [0.29, 0.717) is 22.4 Å². The average Bonchev–Trinajstić information content (AvgIpc) is 3.44. The van der Waals surface area contributed by atoms with Crippen LogP contribution < -0.4 is 16.4 Å². The summed E-state index contributed by atoms with van der Waals surface area (Å²) in [5, 5.41) is 5.50. The Hall–Kier alpha value is -3.62. The van der Waals surface area contributed by atoms with Gasteiger partial charge in [-0.15, -0.1) is 0 Å². The Labute approximate surface area is 178 Å². The first-order valence-electron chi connectivity index (χ1n) is 10.4. The standard InChI is InChI=1S/C22H25N5O4/c1-24-22(30)18(12-5-3-2-4-6-12)27-21(29)17-10-9-16(31-17)13-7-8-14-15(11-13)26-20(25-14)19(23)28/h7-12,18H,2-6H2,1H3,(H2,23,28)(H,24,30)(H,25,26)(H,27,29)/t18-/m0/s1. The number of aromatic amines is 1. The summed E-state index contributed by atoms with van der Waals surface area (Å²) in [5.41, 5.74) is 7.20. The number of fused-ring (bicyclic) bond motifs is 1. The van der Waals surface area contributed by atoms with Crippen LogP contribution in [0.2, 0.25) is 0 Å². The molecule has 1 saturated carbocycles. The fraction of sp³-hybridized carbons (Fsp3) is 0.364. The van der Waals surface area contributed by atoms with Gasteiger partial charge in [0.05, 0.1) is 11.0 Å². The number of primary amides is 1. The van der Waals surface area contributed by atoms with Gasteiger partial charge in [0.2, 0.25) is 5.91 Å². The number of nitrogens with two attached hydrogens (primary N) is 1. The van der Waals surface area contributed by atoms with E-state index in [4.69, 9.17) is 10.2 Å². The lowest BCUT2D eigenvalue weighted by Crippen LogP contribution is -2.50. The van der Waals surface area contributed by atoms with Crippen LogP contribution >= 0.6 is 0 Å². The third-order valence-corrected chi connectivity index (χ3v) is 5.77. The molecule has 9 nitrogen and oxygen atoms in total. The van der Waals surface area contributed by atoms with Gasteiger partial charge in [0.25, 0.3) is 11.8 Å². The summed E-state index contributed by atoms with van der Waals surface area (Å²) in [6.07, 6.45) is 5.12. The number of amides is 3. The van der Waals surface area contributed by atoms with E-state index < -0.39 is 17.9 Å². The van der Waals surface area contributed by atoms with Gasteiger partial charge in [0.1, 0.15) is 11.8 Å². The van der Waals surface area contributed by atoms with Gasteiger partial charge in [-0.05, 0) is 49.1 Å². The number of imidazole rings is 1. The van der Waals surface area contributed by atoms with E-state index in [-0.39, 0.29) is 23.4 Å². The van der Waals surface area contributed by atoms with Crippen molar-refractivity contribution < 1.29 is 18.8 Å². The first kappa shape index (κ1) is 20.6. The number of benzene rings is 1. The predicted molar refractivity (Wildman–Crippen MR) is 114 cm³/mol. The third kappa shape index (κ3) is 4.30. The Kier molecular flexibility index (Phi) is 5.75. The minimum absolute atomic E-state index is 0.0783. The zero-order chi connectivity index (χ0) is 22.0. The van der Waals surface area contributed by atoms with Gasteiger partial charge < -0.3 is 25.8 Å². The van der Waals surface area contributed by atoms with Gasteiger partial charge in [-0.2, -0.15) is 0 Å². The maximum absolute atomic E-state index is 12.8. The molecule has 3 amide bonds. The van der Waals surface area contributed by atoms with Crippen molar-refractivity contribution in [1.29, 1.82) is 0 Å². The maximum atomic E-state index is 12.8. The largest absolute Gasteiger partial charge is 0.451 e. The molecule has 0 bridgehead atoms. The van der Waals surface area contributed by atoms with E-state index >= 15 is 0 Å². The van der Waals surface area contributed by atoms with Crippen molar-refractivity contribution in [3.63, 3.8) is 0 Å². The highest BCUT2D eigenvalue weighted by Crippen LogP contribution is 2.28. The molecule has 4 rings (SSSR count). The Morgan fingerprint density at radius 2 is 1.94 bits per heavy atom. The molecule has 9 heteroatoms. The van der Waals surface area contributed by atoms with Crippen molar-refractivity contribution >= 4 is 28.8 Å². The van der Waals surface area contributed by atoms with Crippen LogP contribution in [-0.2, 0) is 4.79 Å². The number of carbonyl (C=O) groups excluding carboxylic acids is 3. The van der Waals surface area contributed by atoms with E-state index in [0.717, 1.165) is 32.1 Å². The molecule has 2 aromatic heterocycles. The molecular formula is C22H25N5O4. The van der Waals surface area contributed by atoms with Crippen molar-refractivity contribution in [2.45, 2.75) is 38.1 Å². The first-order chi connectivity index (χ1) is 15.0. The van der Waals surface area contributed by atoms with E-state index in [1.165, 1.54) is 0 Å². The second kappa shape index (κ2) is 8.63. The highest BCUT2D eigenvalue weighted by molar-refractivity contribution is 5.96. The molecule has 0 aliphatic heterocycles. The van der Waals surface area contributed by atoms with Crippen molar-refractivity contribution in [3.8, 4) is 11.3 Å². The summed E-state index contributed by atoms with van der Waals surface area (Å²) in [6, 6.07) is 7.98. The molecular weight excluding hydrogens is 398 g/mol. The van der Waals surface area contributed by atoms with Gasteiger partial charge in [0, 0.05) is 12.6 Å². The molecule has 1 fully saturated rings. The summed E-state index contributed by atoms with van der Waals surface area (Å²) in [5.74, 6) is -0.452. The van der Waals surface area contributed by atoms with Crippen LogP contribution in [0.3, 0.4) is 0 Å². The highest BCUT2D eigenvalue weighted by Gasteiger charge is 2.31. The summed E-state index contributed by atoms with van der Waals surface area (Å²) in [7, 11) is 1.57. The molecule has 0 radical (unpaired) electrons. The van der Waals surface area contributed by atoms with Gasteiger partial charge >= 0.3 is 0 Å². The molecule has 31 heavy (non-hydrogen) atoms. The Bertz CT molecular complexity index is 1130. The SMILES string of the molecule is CNC(=O)[C@@H](NC(=O)c1ccc(-c2ccc3nc(C(N)=O)[nH]c3c2)o1)C1CCCCC1. The highest BCUT2D eigenvalue weighted by atomic mass is 16.4. The number of hydrogen-bond donors (Lipinski definition) is 4. The molecule has 162 valence electrons. The second-order valence-electron chi connectivity index (χ2n) is 7.81. The molecule has 3 aromatic rings. The average molecular weight is 423 g/mol. The van der Waals surface area contributed by atoms with E-state index in [1.807, 2.05) is 0 Å². The lowest BCUT2D eigenvalue weighted by Gasteiger charge is -2.29. The minimum atomic E-state index is -0.640. The number of carbonyl (C=O) groups is 3. The van der Waals surface area contributed by atoms with Crippen molar-refractivity contribution in [2.75, 3.05) is 7.05 Å². The van der Waals surface area contributed by atoms with Crippen molar-refractivity contribution in [3.05, 3.63) is 41.9 Å². The number of likely N-dealkylation sites (N-methyl/N-ethyl adjacent to an activating group) is 1. The van der Waals surface area contributed by atoms with E-state index in [2.05, 4.69) is 20.6 Å².